The van der Waals surface area contributed by atoms with Gasteiger partial charge in [0.1, 0.15) is 0 Å². The molecule has 0 saturated heterocycles. The average molecular weight is 333 g/mol. The Hall–Kier alpha value is -1.12. The fourth-order valence-electron chi connectivity index (χ4n) is 2.42. The summed E-state index contributed by atoms with van der Waals surface area (Å²) in [5.74, 6) is 0.276. The molecule has 0 heterocycles. The summed E-state index contributed by atoms with van der Waals surface area (Å²) in [5.41, 5.74) is 5.23. The van der Waals surface area contributed by atoms with Crippen LogP contribution in [0.4, 0.5) is 0 Å². The Bertz CT molecular complexity index is 560. The number of aliphatic hydroxyl groups is 1. The number of hydrogen-bond donors (Lipinski definition) is 1. The van der Waals surface area contributed by atoms with Gasteiger partial charge in [0.25, 0.3) is 0 Å². The molecule has 0 bridgehead atoms. The van der Waals surface area contributed by atoms with Crippen LogP contribution in [0.3, 0.4) is 0 Å². The fraction of sp³-hybridized carbons (Fsp3) is 0.333. The SMILES string of the molecule is Cc1ccc(CC(CO)Cc2ccc(Br)cc2)cc1C. The van der Waals surface area contributed by atoms with E-state index in [-0.39, 0.29) is 12.5 Å². The van der Waals surface area contributed by atoms with E-state index in [9.17, 15) is 5.11 Å². The molecule has 20 heavy (non-hydrogen) atoms. The third-order valence-electron chi connectivity index (χ3n) is 3.79. The molecule has 1 nitrogen and oxygen atoms in total. The van der Waals surface area contributed by atoms with E-state index >= 15 is 0 Å². The van der Waals surface area contributed by atoms with Crippen LogP contribution in [0.15, 0.2) is 46.9 Å². The van der Waals surface area contributed by atoms with E-state index in [4.69, 9.17) is 0 Å². The number of rotatable bonds is 5. The van der Waals surface area contributed by atoms with Gasteiger partial charge in [0.05, 0.1) is 0 Å². The fourth-order valence-corrected chi connectivity index (χ4v) is 2.68. The molecule has 1 atom stereocenters. The lowest BCUT2D eigenvalue weighted by Crippen LogP contribution is -2.13. The smallest absolute Gasteiger partial charge is 0.0465 e. The number of aliphatic hydroxyl groups excluding tert-OH is 1. The average Bonchev–Trinajstić information content (AvgIpc) is 2.44. The maximum Gasteiger partial charge on any atom is 0.0465 e. The summed E-state index contributed by atoms with van der Waals surface area (Å²) in [7, 11) is 0. The van der Waals surface area contributed by atoms with Crippen LogP contribution in [-0.4, -0.2) is 11.7 Å². The first-order valence-electron chi connectivity index (χ1n) is 7.00. The second kappa shape index (κ2) is 7.05. The number of aryl methyl sites for hydroxylation is 2. The van der Waals surface area contributed by atoms with Crippen molar-refractivity contribution in [3.05, 3.63) is 69.2 Å². The maximum atomic E-state index is 9.62. The van der Waals surface area contributed by atoms with Gasteiger partial charge in [0.15, 0.2) is 0 Å². The van der Waals surface area contributed by atoms with Crippen molar-refractivity contribution in [2.45, 2.75) is 26.7 Å². The summed E-state index contributed by atoms with van der Waals surface area (Å²) in [6.07, 6.45) is 1.84. The third-order valence-corrected chi connectivity index (χ3v) is 4.32. The number of benzene rings is 2. The van der Waals surface area contributed by atoms with Gasteiger partial charge in [-0.05, 0) is 67.0 Å². The molecule has 2 rings (SSSR count). The van der Waals surface area contributed by atoms with Crippen LogP contribution in [0.5, 0.6) is 0 Å². The summed E-state index contributed by atoms with van der Waals surface area (Å²) in [6, 6.07) is 14.9. The van der Waals surface area contributed by atoms with Crippen LogP contribution in [-0.2, 0) is 12.8 Å². The zero-order chi connectivity index (χ0) is 14.5. The lowest BCUT2D eigenvalue weighted by atomic mass is 9.92. The van der Waals surface area contributed by atoms with Gasteiger partial charge in [-0.2, -0.15) is 0 Å². The minimum atomic E-state index is 0.225. The van der Waals surface area contributed by atoms with Crippen molar-refractivity contribution in [1.82, 2.24) is 0 Å². The molecular formula is C18H21BrO. The Labute approximate surface area is 129 Å². The monoisotopic (exact) mass is 332 g/mol. The predicted octanol–water partition coefficient (Wildman–Crippen LogP) is 4.46. The largest absolute Gasteiger partial charge is 0.396 e. The Kier molecular flexibility index (Phi) is 5.38. The molecule has 0 radical (unpaired) electrons. The Morgan fingerprint density at radius 3 is 2.10 bits per heavy atom. The molecule has 2 heteroatoms. The number of hydrogen-bond acceptors (Lipinski definition) is 1. The first kappa shape index (κ1) is 15.3. The highest BCUT2D eigenvalue weighted by atomic mass is 79.9. The first-order valence-corrected chi connectivity index (χ1v) is 7.79. The van der Waals surface area contributed by atoms with Gasteiger partial charge in [0, 0.05) is 11.1 Å². The van der Waals surface area contributed by atoms with E-state index in [1.807, 2.05) is 0 Å². The lowest BCUT2D eigenvalue weighted by Gasteiger charge is -2.15. The second-order valence-corrected chi connectivity index (χ2v) is 6.42. The van der Waals surface area contributed by atoms with E-state index in [2.05, 4.69) is 72.2 Å². The highest BCUT2D eigenvalue weighted by Gasteiger charge is 2.10. The quantitative estimate of drug-likeness (QED) is 0.856. The van der Waals surface area contributed by atoms with Gasteiger partial charge in [-0.15, -0.1) is 0 Å². The number of halogens is 1. The third kappa shape index (κ3) is 4.19. The zero-order valence-corrected chi connectivity index (χ0v) is 13.7. The topological polar surface area (TPSA) is 20.2 Å². The van der Waals surface area contributed by atoms with Crippen LogP contribution in [0, 0.1) is 19.8 Å². The molecule has 2 aromatic carbocycles. The minimum Gasteiger partial charge on any atom is -0.396 e. The molecule has 0 aromatic heterocycles. The Balaban J connectivity index is 2.04. The molecule has 0 aliphatic carbocycles. The van der Waals surface area contributed by atoms with Crippen molar-refractivity contribution in [2.75, 3.05) is 6.61 Å². The van der Waals surface area contributed by atoms with Crippen LogP contribution in [0.25, 0.3) is 0 Å². The molecule has 2 aromatic rings. The van der Waals surface area contributed by atoms with Crippen molar-refractivity contribution in [3.63, 3.8) is 0 Å². The van der Waals surface area contributed by atoms with Gasteiger partial charge in [-0.3, -0.25) is 0 Å². The van der Waals surface area contributed by atoms with Gasteiger partial charge in [-0.1, -0.05) is 46.3 Å². The summed E-state index contributed by atoms with van der Waals surface area (Å²) in [5, 5.41) is 9.62. The standard InChI is InChI=1S/C18H21BrO/c1-13-3-4-16(9-14(13)2)11-17(12-20)10-15-5-7-18(19)8-6-15/h3-9,17,20H,10-12H2,1-2H3. The van der Waals surface area contributed by atoms with E-state index < -0.39 is 0 Å². The molecular weight excluding hydrogens is 312 g/mol. The van der Waals surface area contributed by atoms with Crippen LogP contribution in [0.1, 0.15) is 22.3 Å². The molecule has 106 valence electrons. The highest BCUT2D eigenvalue weighted by Crippen LogP contribution is 2.18. The van der Waals surface area contributed by atoms with Crippen molar-refractivity contribution in [2.24, 2.45) is 5.92 Å². The summed E-state index contributed by atoms with van der Waals surface area (Å²) in [6.45, 7) is 4.50. The Morgan fingerprint density at radius 1 is 0.900 bits per heavy atom. The summed E-state index contributed by atoms with van der Waals surface area (Å²) < 4.78 is 1.09. The van der Waals surface area contributed by atoms with Crippen molar-refractivity contribution < 1.29 is 5.11 Å². The predicted molar refractivity (Wildman–Crippen MR) is 88.0 cm³/mol. The highest BCUT2D eigenvalue weighted by molar-refractivity contribution is 9.10. The molecule has 0 spiro atoms. The normalized spacial score (nSPS) is 12.4. The van der Waals surface area contributed by atoms with E-state index in [0.717, 1.165) is 17.3 Å². The van der Waals surface area contributed by atoms with E-state index in [1.54, 1.807) is 0 Å². The molecule has 0 amide bonds. The summed E-state index contributed by atoms with van der Waals surface area (Å²) in [4.78, 5) is 0. The first-order chi connectivity index (χ1) is 9.58. The van der Waals surface area contributed by atoms with Gasteiger partial charge >= 0.3 is 0 Å². The second-order valence-electron chi connectivity index (χ2n) is 5.50. The Morgan fingerprint density at radius 2 is 1.50 bits per heavy atom. The maximum absolute atomic E-state index is 9.62. The van der Waals surface area contributed by atoms with Gasteiger partial charge in [-0.25, -0.2) is 0 Å². The van der Waals surface area contributed by atoms with E-state index in [1.165, 1.54) is 22.3 Å². The molecule has 0 aliphatic rings. The van der Waals surface area contributed by atoms with Gasteiger partial charge in [0.2, 0.25) is 0 Å². The van der Waals surface area contributed by atoms with Crippen molar-refractivity contribution in [1.29, 1.82) is 0 Å². The van der Waals surface area contributed by atoms with Crippen LogP contribution >= 0.6 is 15.9 Å². The summed E-state index contributed by atoms with van der Waals surface area (Å²) >= 11 is 3.45. The molecule has 0 aliphatic heterocycles. The van der Waals surface area contributed by atoms with E-state index in [0.29, 0.717) is 0 Å². The van der Waals surface area contributed by atoms with Crippen LogP contribution < -0.4 is 0 Å². The minimum absolute atomic E-state index is 0.225. The van der Waals surface area contributed by atoms with Gasteiger partial charge < -0.3 is 5.11 Å². The zero-order valence-electron chi connectivity index (χ0n) is 12.1. The molecule has 0 fully saturated rings. The van der Waals surface area contributed by atoms with Crippen molar-refractivity contribution in [3.8, 4) is 0 Å². The molecule has 1 unspecified atom stereocenters. The lowest BCUT2D eigenvalue weighted by molar-refractivity contribution is 0.225. The molecule has 1 N–H and O–H groups in total. The molecule has 0 saturated carbocycles. The van der Waals surface area contributed by atoms with Crippen LogP contribution in [0.2, 0.25) is 0 Å². The van der Waals surface area contributed by atoms with Crippen molar-refractivity contribution >= 4 is 15.9 Å².